The molecular weight excluding hydrogens is 339 g/mol. The lowest BCUT2D eigenvalue weighted by molar-refractivity contribution is 0.0602. The Bertz CT molecular complexity index is 704. The zero-order valence-corrected chi connectivity index (χ0v) is 13.1. The number of methoxy groups -OCH3 is 1. The number of benzene rings is 2. The van der Waals surface area contributed by atoms with Crippen molar-refractivity contribution >= 4 is 39.0 Å². The standard InChI is InChI=1S/C15H14BrFN2O2/c1-8-3-4-9(5-11(8)16)19-14-6-10(15(20)21-2)13(18)7-12(14)17/h3-7,19H,18H2,1-2H3. The fraction of sp³-hybridized carbons (Fsp3) is 0.133. The molecule has 0 spiro atoms. The van der Waals surface area contributed by atoms with Crippen molar-refractivity contribution in [3.05, 3.63) is 51.7 Å². The van der Waals surface area contributed by atoms with E-state index >= 15 is 0 Å². The van der Waals surface area contributed by atoms with Gasteiger partial charge in [-0.25, -0.2) is 9.18 Å². The Morgan fingerprint density at radius 1 is 1.33 bits per heavy atom. The average Bonchev–Trinajstić information content (AvgIpc) is 2.45. The minimum Gasteiger partial charge on any atom is -0.465 e. The van der Waals surface area contributed by atoms with E-state index in [4.69, 9.17) is 5.73 Å². The quantitative estimate of drug-likeness (QED) is 0.647. The molecule has 2 rings (SSSR count). The second-order valence-corrected chi connectivity index (χ2v) is 5.35. The van der Waals surface area contributed by atoms with Crippen molar-refractivity contribution in [1.82, 2.24) is 0 Å². The molecule has 2 aromatic rings. The van der Waals surface area contributed by atoms with Crippen molar-refractivity contribution in [3.63, 3.8) is 0 Å². The first-order valence-corrected chi connectivity index (χ1v) is 6.92. The van der Waals surface area contributed by atoms with Gasteiger partial charge in [-0.1, -0.05) is 22.0 Å². The number of carbonyl (C=O) groups is 1. The van der Waals surface area contributed by atoms with E-state index in [9.17, 15) is 9.18 Å². The summed E-state index contributed by atoms with van der Waals surface area (Å²) in [7, 11) is 1.25. The summed E-state index contributed by atoms with van der Waals surface area (Å²) in [5, 5.41) is 2.92. The first kappa shape index (κ1) is 15.3. The van der Waals surface area contributed by atoms with Gasteiger partial charge in [0.2, 0.25) is 0 Å². The molecule has 2 aromatic carbocycles. The Kier molecular flexibility index (Phi) is 4.47. The molecule has 6 heteroatoms. The Labute approximate surface area is 130 Å². The number of anilines is 3. The normalized spacial score (nSPS) is 10.3. The van der Waals surface area contributed by atoms with Gasteiger partial charge in [0.25, 0.3) is 0 Å². The third kappa shape index (κ3) is 3.33. The van der Waals surface area contributed by atoms with Crippen LogP contribution >= 0.6 is 15.9 Å². The van der Waals surface area contributed by atoms with Crippen molar-refractivity contribution in [3.8, 4) is 0 Å². The van der Waals surface area contributed by atoms with E-state index in [-0.39, 0.29) is 16.9 Å². The first-order chi connectivity index (χ1) is 9.92. The highest BCUT2D eigenvalue weighted by atomic mass is 79.9. The number of ether oxygens (including phenoxy) is 1. The van der Waals surface area contributed by atoms with E-state index in [0.29, 0.717) is 5.69 Å². The van der Waals surface area contributed by atoms with Crippen molar-refractivity contribution in [1.29, 1.82) is 0 Å². The van der Waals surface area contributed by atoms with E-state index in [1.165, 1.54) is 13.2 Å². The van der Waals surface area contributed by atoms with E-state index < -0.39 is 11.8 Å². The number of halogens is 2. The average molecular weight is 353 g/mol. The van der Waals surface area contributed by atoms with Gasteiger partial charge in [-0.3, -0.25) is 0 Å². The van der Waals surface area contributed by atoms with Gasteiger partial charge in [0.1, 0.15) is 5.82 Å². The van der Waals surface area contributed by atoms with Crippen LogP contribution in [0.3, 0.4) is 0 Å². The van der Waals surface area contributed by atoms with Crippen LogP contribution in [0.15, 0.2) is 34.8 Å². The van der Waals surface area contributed by atoms with Crippen LogP contribution in [-0.4, -0.2) is 13.1 Å². The van der Waals surface area contributed by atoms with Crippen LogP contribution in [0.2, 0.25) is 0 Å². The summed E-state index contributed by atoms with van der Waals surface area (Å²) in [4.78, 5) is 11.6. The molecule has 0 amide bonds. The number of esters is 1. The van der Waals surface area contributed by atoms with Gasteiger partial charge < -0.3 is 15.8 Å². The number of nitrogens with one attached hydrogen (secondary N) is 1. The molecule has 21 heavy (non-hydrogen) atoms. The maximum absolute atomic E-state index is 14.0. The largest absolute Gasteiger partial charge is 0.465 e. The lowest BCUT2D eigenvalue weighted by Crippen LogP contribution is -2.07. The monoisotopic (exact) mass is 352 g/mol. The molecule has 0 aliphatic heterocycles. The molecular formula is C15H14BrFN2O2. The van der Waals surface area contributed by atoms with Gasteiger partial charge in [0, 0.05) is 15.8 Å². The zero-order valence-electron chi connectivity index (χ0n) is 11.5. The summed E-state index contributed by atoms with van der Waals surface area (Å²) in [6.45, 7) is 1.95. The molecule has 0 atom stereocenters. The Morgan fingerprint density at radius 2 is 2.05 bits per heavy atom. The molecule has 3 N–H and O–H groups in total. The number of hydrogen-bond donors (Lipinski definition) is 2. The third-order valence-corrected chi connectivity index (χ3v) is 3.85. The van der Waals surface area contributed by atoms with Gasteiger partial charge in [0.05, 0.1) is 18.4 Å². The highest BCUT2D eigenvalue weighted by Crippen LogP contribution is 2.28. The van der Waals surface area contributed by atoms with E-state index in [1.807, 2.05) is 25.1 Å². The fourth-order valence-corrected chi connectivity index (χ4v) is 2.18. The molecule has 4 nitrogen and oxygen atoms in total. The molecule has 0 aliphatic rings. The Hall–Kier alpha value is -2.08. The summed E-state index contributed by atoms with van der Waals surface area (Å²) in [6, 6.07) is 7.96. The lowest BCUT2D eigenvalue weighted by atomic mass is 10.1. The van der Waals surface area contributed by atoms with Crippen LogP contribution in [0.1, 0.15) is 15.9 Å². The minimum atomic E-state index is -0.611. The summed E-state index contributed by atoms with van der Waals surface area (Å²) in [5.41, 5.74) is 7.69. The zero-order chi connectivity index (χ0) is 15.6. The third-order valence-electron chi connectivity index (χ3n) is 3.00. The number of nitrogen functional groups attached to an aromatic ring is 1. The van der Waals surface area contributed by atoms with Crippen LogP contribution in [0, 0.1) is 12.7 Å². The summed E-state index contributed by atoms with van der Waals surface area (Å²) in [6.07, 6.45) is 0. The molecule has 0 heterocycles. The topological polar surface area (TPSA) is 64.3 Å². The van der Waals surface area contributed by atoms with E-state index in [1.54, 1.807) is 0 Å². The maximum atomic E-state index is 14.0. The van der Waals surface area contributed by atoms with Crippen LogP contribution in [0.25, 0.3) is 0 Å². The molecule has 0 radical (unpaired) electrons. The maximum Gasteiger partial charge on any atom is 0.340 e. The Morgan fingerprint density at radius 3 is 2.67 bits per heavy atom. The van der Waals surface area contributed by atoms with Gasteiger partial charge in [0.15, 0.2) is 0 Å². The van der Waals surface area contributed by atoms with Crippen molar-refractivity contribution in [2.24, 2.45) is 0 Å². The Balaban J connectivity index is 2.39. The highest BCUT2D eigenvalue weighted by Gasteiger charge is 2.15. The number of rotatable bonds is 3. The predicted molar refractivity (Wildman–Crippen MR) is 84.3 cm³/mol. The van der Waals surface area contributed by atoms with E-state index in [0.717, 1.165) is 16.1 Å². The lowest BCUT2D eigenvalue weighted by Gasteiger charge is -2.12. The molecule has 0 aromatic heterocycles. The molecule has 0 saturated carbocycles. The number of hydrogen-bond acceptors (Lipinski definition) is 4. The number of aryl methyl sites for hydroxylation is 1. The SMILES string of the molecule is COC(=O)c1cc(Nc2ccc(C)c(Br)c2)c(F)cc1N. The van der Waals surface area contributed by atoms with Gasteiger partial charge in [-0.05, 0) is 36.8 Å². The van der Waals surface area contributed by atoms with Crippen LogP contribution in [0.5, 0.6) is 0 Å². The molecule has 0 aliphatic carbocycles. The van der Waals surface area contributed by atoms with Crippen LogP contribution in [0.4, 0.5) is 21.5 Å². The van der Waals surface area contributed by atoms with Gasteiger partial charge in [-0.2, -0.15) is 0 Å². The van der Waals surface area contributed by atoms with Gasteiger partial charge >= 0.3 is 5.97 Å². The summed E-state index contributed by atoms with van der Waals surface area (Å²) in [5.74, 6) is -1.16. The van der Waals surface area contributed by atoms with Crippen molar-refractivity contribution in [2.45, 2.75) is 6.92 Å². The summed E-state index contributed by atoms with van der Waals surface area (Å²) < 4.78 is 19.5. The summed E-state index contributed by atoms with van der Waals surface area (Å²) >= 11 is 3.41. The molecule has 0 bridgehead atoms. The molecule has 110 valence electrons. The second kappa shape index (κ2) is 6.13. The predicted octanol–water partition coefficient (Wildman–Crippen LogP) is 4.01. The minimum absolute atomic E-state index is 0.0370. The molecule has 0 unspecified atom stereocenters. The van der Waals surface area contributed by atoms with Gasteiger partial charge in [-0.15, -0.1) is 0 Å². The van der Waals surface area contributed by atoms with E-state index in [2.05, 4.69) is 26.0 Å². The number of nitrogens with two attached hydrogens (primary N) is 1. The fourth-order valence-electron chi connectivity index (χ4n) is 1.80. The highest BCUT2D eigenvalue weighted by molar-refractivity contribution is 9.10. The number of carbonyl (C=O) groups excluding carboxylic acids is 1. The second-order valence-electron chi connectivity index (χ2n) is 4.50. The van der Waals surface area contributed by atoms with Crippen LogP contribution in [-0.2, 0) is 4.74 Å². The van der Waals surface area contributed by atoms with Crippen molar-refractivity contribution < 1.29 is 13.9 Å². The smallest absolute Gasteiger partial charge is 0.340 e. The first-order valence-electron chi connectivity index (χ1n) is 6.13. The van der Waals surface area contributed by atoms with Crippen molar-refractivity contribution in [2.75, 3.05) is 18.2 Å². The molecule has 0 fully saturated rings. The van der Waals surface area contributed by atoms with Crippen LogP contribution < -0.4 is 11.1 Å². The molecule has 0 saturated heterocycles.